The van der Waals surface area contributed by atoms with Crippen molar-refractivity contribution in [2.75, 3.05) is 18.0 Å². The maximum Gasteiger partial charge on any atom is 0.261 e. The van der Waals surface area contributed by atoms with Crippen LogP contribution in [0.1, 0.15) is 30.8 Å². The zero-order valence-electron chi connectivity index (χ0n) is 16.5. The number of nitrogens with zero attached hydrogens (tertiary/aromatic N) is 5. The summed E-state index contributed by atoms with van der Waals surface area (Å²) in [7, 11) is 0. The van der Waals surface area contributed by atoms with Crippen molar-refractivity contribution in [1.29, 1.82) is 0 Å². The zero-order valence-corrected chi connectivity index (χ0v) is 16.5. The zero-order chi connectivity index (χ0) is 20.2. The van der Waals surface area contributed by atoms with E-state index in [1.54, 1.807) is 18.2 Å². The molecule has 8 nitrogen and oxygen atoms in total. The van der Waals surface area contributed by atoms with E-state index in [-0.39, 0.29) is 31.0 Å². The molecule has 4 rings (SSSR count). The van der Waals surface area contributed by atoms with Crippen molar-refractivity contribution in [2.24, 2.45) is 0 Å². The molecule has 8 heteroatoms. The summed E-state index contributed by atoms with van der Waals surface area (Å²) in [4.78, 5) is 40.3. The number of carbonyl (C=O) groups is 1. The smallest absolute Gasteiger partial charge is 0.261 e. The van der Waals surface area contributed by atoms with E-state index in [9.17, 15) is 9.59 Å². The Morgan fingerprint density at radius 2 is 1.97 bits per heavy atom. The van der Waals surface area contributed by atoms with Crippen molar-refractivity contribution in [3.05, 3.63) is 58.5 Å². The summed E-state index contributed by atoms with van der Waals surface area (Å²) in [6.07, 6.45) is 4.03. The van der Waals surface area contributed by atoms with Gasteiger partial charge in [0.05, 0.1) is 23.8 Å². The van der Waals surface area contributed by atoms with Crippen LogP contribution in [0.4, 0.5) is 5.82 Å². The first-order valence-corrected chi connectivity index (χ1v) is 9.90. The van der Waals surface area contributed by atoms with Crippen LogP contribution in [-0.2, 0) is 17.9 Å². The van der Waals surface area contributed by atoms with Crippen LogP contribution in [0.5, 0.6) is 0 Å². The number of rotatable bonds is 6. The Bertz CT molecular complexity index is 1090. The molecule has 0 atom stereocenters. The van der Waals surface area contributed by atoms with Gasteiger partial charge in [0.15, 0.2) is 0 Å². The van der Waals surface area contributed by atoms with Crippen LogP contribution in [0.2, 0.25) is 0 Å². The average molecular weight is 392 g/mol. The predicted molar refractivity (Wildman–Crippen MR) is 111 cm³/mol. The third kappa shape index (κ3) is 4.42. The third-order valence-corrected chi connectivity index (χ3v) is 5.07. The average Bonchev–Trinajstić information content (AvgIpc) is 3.27. The Hall–Kier alpha value is -3.29. The van der Waals surface area contributed by atoms with Gasteiger partial charge in [-0.15, -0.1) is 0 Å². The van der Waals surface area contributed by atoms with E-state index in [0.29, 0.717) is 16.7 Å². The van der Waals surface area contributed by atoms with Gasteiger partial charge >= 0.3 is 0 Å². The molecule has 29 heavy (non-hydrogen) atoms. The summed E-state index contributed by atoms with van der Waals surface area (Å²) in [5, 5.41) is 3.41. The van der Waals surface area contributed by atoms with Gasteiger partial charge in [0.25, 0.3) is 5.56 Å². The second-order valence-electron chi connectivity index (χ2n) is 7.26. The number of anilines is 1. The molecule has 1 aliphatic heterocycles. The maximum atomic E-state index is 12.5. The summed E-state index contributed by atoms with van der Waals surface area (Å²) in [6, 6.07) is 9.17. The number of aryl methyl sites for hydroxylation is 2. The molecule has 3 aromatic rings. The molecular formula is C21H24N6O2. The number of hydrogen-bond acceptors (Lipinski definition) is 6. The maximum absolute atomic E-state index is 12.5. The van der Waals surface area contributed by atoms with E-state index in [4.69, 9.17) is 0 Å². The van der Waals surface area contributed by atoms with Crippen LogP contribution >= 0.6 is 0 Å². The Balaban J connectivity index is 1.36. The van der Waals surface area contributed by atoms with Crippen molar-refractivity contribution in [1.82, 2.24) is 24.8 Å². The molecule has 0 aliphatic carbocycles. The van der Waals surface area contributed by atoms with E-state index < -0.39 is 0 Å². The number of benzene rings is 1. The first-order chi connectivity index (χ1) is 14.1. The highest BCUT2D eigenvalue weighted by Gasteiger charge is 2.15. The van der Waals surface area contributed by atoms with Gasteiger partial charge < -0.3 is 10.2 Å². The van der Waals surface area contributed by atoms with E-state index in [2.05, 4.69) is 25.2 Å². The number of amides is 1. The fourth-order valence-electron chi connectivity index (χ4n) is 3.55. The molecule has 0 saturated carbocycles. The predicted octanol–water partition coefficient (Wildman–Crippen LogP) is 1.80. The van der Waals surface area contributed by atoms with Crippen molar-refractivity contribution in [2.45, 2.75) is 39.3 Å². The van der Waals surface area contributed by atoms with Gasteiger partial charge in [-0.25, -0.2) is 15.0 Å². The lowest BCUT2D eigenvalue weighted by Crippen LogP contribution is -2.28. The molecule has 0 unspecified atom stereocenters. The summed E-state index contributed by atoms with van der Waals surface area (Å²) in [5.41, 5.74) is 1.41. The number of fused-ring (bicyclic) bond motifs is 1. The Morgan fingerprint density at radius 3 is 2.79 bits per heavy atom. The molecule has 1 amide bonds. The topological polar surface area (TPSA) is 93.0 Å². The number of hydrogen-bond donors (Lipinski definition) is 1. The van der Waals surface area contributed by atoms with Crippen molar-refractivity contribution < 1.29 is 4.79 Å². The lowest BCUT2D eigenvalue weighted by atomic mass is 10.2. The van der Waals surface area contributed by atoms with Gasteiger partial charge in [0, 0.05) is 37.8 Å². The Kier molecular flexibility index (Phi) is 5.50. The first-order valence-electron chi connectivity index (χ1n) is 9.90. The normalized spacial score (nSPS) is 13.8. The summed E-state index contributed by atoms with van der Waals surface area (Å²) in [6.45, 7) is 4.50. The summed E-state index contributed by atoms with van der Waals surface area (Å²) >= 11 is 0. The molecule has 2 aromatic heterocycles. The molecule has 1 aromatic carbocycles. The van der Waals surface area contributed by atoms with E-state index >= 15 is 0 Å². The van der Waals surface area contributed by atoms with Gasteiger partial charge in [-0.3, -0.25) is 14.2 Å². The standard InChI is InChI=1S/C21H24N6O2/c1-15-12-19(26-9-4-5-10-26)25-18(24-15)13-22-20(28)8-11-27-14-23-17-7-3-2-6-16(17)21(27)29/h2-3,6-7,12,14H,4-5,8-11,13H2,1H3,(H,22,28). The van der Waals surface area contributed by atoms with E-state index in [1.807, 2.05) is 19.1 Å². The van der Waals surface area contributed by atoms with Crippen LogP contribution < -0.4 is 15.8 Å². The SMILES string of the molecule is Cc1cc(N2CCCC2)nc(CNC(=O)CCn2cnc3ccccc3c2=O)n1. The fraction of sp³-hybridized carbons (Fsp3) is 0.381. The number of carbonyl (C=O) groups excluding carboxylic acids is 1. The molecule has 150 valence electrons. The van der Waals surface area contributed by atoms with E-state index in [1.165, 1.54) is 23.7 Å². The fourth-order valence-corrected chi connectivity index (χ4v) is 3.55. The molecule has 1 saturated heterocycles. The van der Waals surface area contributed by atoms with Crippen LogP contribution in [0.25, 0.3) is 10.9 Å². The molecule has 1 aliphatic rings. The lowest BCUT2D eigenvalue weighted by Gasteiger charge is -2.17. The molecule has 1 N–H and O–H groups in total. The van der Waals surface area contributed by atoms with Crippen LogP contribution in [-0.4, -0.2) is 38.5 Å². The van der Waals surface area contributed by atoms with Crippen molar-refractivity contribution >= 4 is 22.6 Å². The summed E-state index contributed by atoms with van der Waals surface area (Å²) < 4.78 is 1.47. The number of aromatic nitrogens is 4. The van der Waals surface area contributed by atoms with Crippen molar-refractivity contribution in [3.63, 3.8) is 0 Å². The van der Waals surface area contributed by atoms with Gasteiger partial charge in [-0.2, -0.15) is 0 Å². The molecule has 3 heterocycles. The van der Waals surface area contributed by atoms with E-state index in [0.717, 1.165) is 24.6 Å². The van der Waals surface area contributed by atoms with Crippen LogP contribution in [0, 0.1) is 6.92 Å². The van der Waals surface area contributed by atoms with Crippen molar-refractivity contribution in [3.8, 4) is 0 Å². The molecule has 0 spiro atoms. The highest BCUT2D eigenvalue weighted by molar-refractivity contribution is 5.77. The number of para-hydroxylation sites is 1. The third-order valence-electron chi connectivity index (χ3n) is 5.07. The van der Waals surface area contributed by atoms with Gasteiger partial charge in [0.2, 0.25) is 5.91 Å². The number of nitrogens with one attached hydrogen (secondary N) is 1. The highest BCUT2D eigenvalue weighted by atomic mass is 16.1. The molecule has 0 bridgehead atoms. The monoisotopic (exact) mass is 392 g/mol. The van der Waals surface area contributed by atoms with Gasteiger partial charge in [-0.05, 0) is 31.9 Å². The molecular weight excluding hydrogens is 368 g/mol. The Morgan fingerprint density at radius 1 is 1.17 bits per heavy atom. The minimum atomic E-state index is -0.155. The van der Waals surface area contributed by atoms with Crippen LogP contribution in [0.3, 0.4) is 0 Å². The largest absolute Gasteiger partial charge is 0.357 e. The second kappa shape index (κ2) is 8.38. The van der Waals surface area contributed by atoms with Crippen LogP contribution in [0.15, 0.2) is 41.5 Å². The summed E-state index contributed by atoms with van der Waals surface area (Å²) in [5.74, 6) is 1.37. The molecule has 1 fully saturated rings. The Labute approximate surface area is 168 Å². The molecule has 0 radical (unpaired) electrons. The highest BCUT2D eigenvalue weighted by Crippen LogP contribution is 2.18. The van der Waals surface area contributed by atoms with Gasteiger partial charge in [-0.1, -0.05) is 12.1 Å². The quantitative estimate of drug-likeness (QED) is 0.688. The first kappa shape index (κ1) is 19.0. The van der Waals surface area contributed by atoms with Gasteiger partial charge in [0.1, 0.15) is 11.6 Å². The lowest BCUT2D eigenvalue weighted by molar-refractivity contribution is -0.121. The second-order valence-corrected chi connectivity index (χ2v) is 7.26. The minimum Gasteiger partial charge on any atom is -0.357 e. The minimum absolute atomic E-state index is 0.138.